The number of aromatic nitrogens is 2. The quantitative estimate of drug-likeness (QED) is 0.883. The highest BCUT2D eigenvalue weighted by atomic mass is 19.1. The van der Waals surface area contributed by atoms with Crippen LogP contribution < -0.4 is 5.32 Å². The van der Waals surface area contributed by atoms with E-state index in [1.54, 1.807) is 13.2 Å². The third-order valence-corrected chi connectivity index (χ3v) is 2.58. The second-order valence-electron chi connectivity index (χ2n) is 3.76. The smallest absolute Gasteiger partial charge is 0.251 e. The van der Waals surface area contributed by atoms with Gasteiger partial charge in [-0.3, -0.25) is 4.79 Å². The topological polar surface area (TPSA) is 46.9 Å². The minimum Gasteiger partial charge on any atom is -0.355 e. The normalized spacial score (nSPS) is 10.4. The molecule has 0 fully saturated rings. The van der Waals surface area contributed by atoms with E-state index >= 15 is 0 Å². The van der Waals surface area contributed by atoms with Gasteiger partial charge in [0.2, 0.25) is 0 Å². The van der Waals surface area contributed by atoms with E-state index in [-0.39, 0.29) is 17.0 Å². The van der Waals surface area contributed by atoms with Crippen LogP contribution in [0.4, 0.5) is 8.78 Å². The standard InChI is InChI=1S/C12H11F2N3O/c1-15-12(18)7-5-8(13)10(9(14)6-7)11-16-3-4-17(11)2/h3-6H,1-2H3,(H,15,18). The van der Waals surface area contributed by atoms with Gasteiger partial charge in [0.05, 0.1) is 5.56 Å². The van der Waals surface area contributed by atoms with Crippen molar-refractivity contribution in [3.63, 3.8) is 0 Å². The molecular formula is C12H11F2N3O. The summed E-state index contributed by atoms with van der Waals surface area (Å²) in [7, 11) is 3.03. The van der Waals surface area contributed by atoms with Crippen molar-refractivity contribution in [1.82, 2.24) is 14.9 Å². The molecule has 0 aliphatic carbocycles. The Balaban J connectivity index is 2.58. The van der Waals surface area contributed by atoms with Crippen molar-refractivity contribution in [2.45, 2.75) is 0 Å². The molecule has 1 amide bonds. The van der Waals surface area contributed by atoms with E-state index in [1.165, 1.54) is 17.8 Å². The summed E-state index contributed by atoms with van der Waals surface area (Å²) in [6.45, 7) is 0. The Morgan fingerprint density at radius 1 is 1.33 bits per heavy atom. The molecule has 0 radical (unpaired) electrons. The highest BCUT2D eigenvalue weighted by Gasteiger charge is 2.18. The van der Waals surface area contributed by atoms with Crippen LogP contribution in [0.25, 0.3) is 11.4 Å². The van der Waals surface area contributed by atoms with Gasteiger partial charge in [0, 0.05) is 32.1 Å². The van der Waals surface area contributed by atoms with Crippen molar-refractivity contribution in [1.29, 1.82) is 0 Å². The molecule has 0 saturated carbocycles. The summed E-state index contributed by atoms with van der Waals surface area (Å²) in [5.41, 5.74) is -0.305. The molecule has 0 spiro atoms. The van der Waals surface area contributed by atoms with Gasteiger partial charge in [0.25, 0.3) is 5.91 Å². The van der Waals surface area contributed by atoms with E-state index in [2.05, 4.69) is 10.3 Å². The number of amides is 1. The lowest BCUT2D eigenvalue weighted by atomic mass is 10.1. The predicted molar refractivity (Wildman–Crippen MR) is 62.0 cm³/mol. The summed E-state index contributed by atoms with van der Waals surface area (Å²) >= 11 is 0. The third-order valence-electron chi connectivity index (χ3n) is 2.58. The first-order chi connectivity index (χ1) is 8.54. The third kappa shape index (κ3) is 1.97. The highest BCUT2D eigenvalue weighted by Crippen LogP contribution is 2.25. The molecule has 2 rings (SSSR count). The molecule has 1 aromatic heterocycles. The van der Waals surface area contributed by atoms with E-state index in [0.29, 0.717) is 0 Å². The van der Waals surface area contributed by atoms with Gasteiger partial charge in [0.1, 0.15) is 17.5 Å². The SMILES string of the molecule is CNC(=O)c1cc(F)c(-c2nccn2C)c(F)c1. The number of imidazole rings is 1. The van der Waals surface area contributed by atoms with Crippen molar-refractivity contribution >= 4 is 5.91 Å². The zero-order valence-electron chi connectivity index (χ0n) is 9.87. The van der Waals surface area contributed by atoms with Gasteiger partial charge in [-0.05, 0) is 12.1 Å². The zero-order chi connectivity index (χ0) is 13.3. The summed E-state index contributed by atoms with van der Waals surface area (Å²) in [5.74, 6) is -2.00. The molecular weight excluding hydrogens is 240 g/mol. The van der Waals surface area contributed by atoms with Gasteiger partial charge >= 0.3 is 0 Å². The number of carbonyl (C=O) groups is 1. The van der Waals surface area contributed by atoms with Gasteiger partial charge in [-0.2, -0.15) is 0 Å². The lowest BCUT2D eigenvalue weighted by Gasteiger charge is -2.07. The molecule has 1 N–H and O–H groups in total. The van der Waals surface area contributed by atoms with Gasteiger partial charge in [-0.15, -0.1) is 0 Å². The minimum atomic E-state index is -0.817. The van der Waals surface area contributed by atoms with Crippen LogP contribution in [0.1, 0.15) is 10.4 Å². The second-order valence-corrected chi connectivity index (χ2v) is 3.76. The summed E-state index contributed by atoms with van der Waals surface area (Å²) in [5, 5.41) is 2.31. The summed E-state index contributed by atoms with van der Waals surface area (Å²) in [4.78, 5) is 15.2. The average molecular weight is 251 g/mol. The van der Waals surface area contributed by atoms with E-state index in [9.17, 15) is 13.6 Å². The molecule has 0 aliphatic heterocycles. The van der Waals surface area contributed by atoms with Crippen LogP contribution in [0.3, 0.4) is 0 Å². The first kappa shape index (κ1) is 12.2. The van der Waals surface area contributed by atoms with Crippen molar-refractivity contribution < 1.29 is 13.6 Å². The van der Waals surface area contributed by atoms with E-state index in [1.807, 2.05) is 0 Å². The van der Waals surface area contributed by atoms with Gasteiger partial charge in [-0.1, -0.05) is 0 Å². The zero-order valence-corrected chi connectivity index (χ0v) is 9.87. The van der Waals surface area contributed by atoms with Gasteiger partial charge < -0.3 is 9.88 Å². The van der Waals surface area contributed by atoms with Gasteiger partial charge in [-0.25, -0.2) is 13.8 Å². The second kappa shape index (κ2) is 4.56. The largest absolute Gasteiger partial charge is 0.355 e. The number of aryl methyl sites for hydroxylation is 1. The number of nitrogens with zero attached hydrogens (tertiary/aromatic N) is 2. The Hall–Kier alpha value is -2.24. The Labute approximate surface area is 102 Å². The number of rotatable bonds is 2. The van der Waals surface area contributed by atoms with E-state index in [0.717, 1.165) is 12.1 Å². The predicted octanol–water partition coefficient (Wildman–Crippen LogP) is 1.72. The molecule has 1 aromatic carbocycles. The van der Waals surface area contributed by atoms with Crippen molar-refractivity contribution in [2.24, 2.45) is 7.05 Å². The van der Waals surface area contributed by atoms with E-state index < -0.39 is 17.5 Å². The lowest BCUT2D eigenvalue weighted by molar-refractivity contribution is 0.0962. The molecule has 0 unspecified atom stereocenters. The first-order valence-electron chi connectivity index (χ1n) is 5.23. The molecule has 94 valence electrons. The van der Waals surface area contributed by atoms with E-state index in [4.69, 9.17) is 0 Å². The first-order valence-corrected chi connectivity index (χ1v) is 5.23. The van der Waals surface area contributed by atoms with Crippen molar-refractivity contribution in [3.05, 3.63) is 41.7 Å². The molecule has 6 heteroatoms. The number of nitrogens with one attached hydrogen (secondary N) is 1. The maximum absolute atomic E-state index is 13.9. The molecule has 2 aromatic rings. The molecule has 1 heterocycles. The van der Waals surface area contributed by atoms with Crippen LogP contribution in [0, 0.1) is 11.6 Å². The Morgan fingerprint density at radius 3 is 2.39 bits per heavy atom. The Kier molecular flexibility index (Phi) is 3.10. The van der Waals surface area contributed by atoms with Crippen LogP contribution in [0.5, 0.6) is 0 Å². The minimum absolute atomic E-state index is 0.0644. The highest BCUT2D eigenvalue weighted by molar-refractivity contribution is 5.94. The lowest BCUT2D eigenvalue weighted by Crippen LogP contribution is -2.18. The molecule has 4 nitrogen and oxygen atoms in total. The molecule has 18 heavy (non-hydrogen) atoms. The maximum Gasteiger partial charge on any atom is 0.251 e. The fourth-order valence-electron chi connectivity index (χ4n) is 1.67. The molecule has 0 atom stereocenters. The monoisotopic (exact) mass is 251 g/mol. The summed E-state index contributed by atoms with van der Waals surface area (Å²) in [6, 6.07) is 1.98. The van der Waals surface area contributed by atoms with Crippen LogP contribution in [-0.2, 0) is 7.05 Å². The fourth-order valence-corrected chi connectivity index (χ4v) is 1.67. The molecule has 0 aliphatic rings. The summed E-state index contributed by atoms with van der Waals surface area (Å²) in [6.07, 6.45) is 3.03. The average Bonchev–Trinajstić information content (AvgIpc) is 2.74. The number of hydrogen-bond acceptors (Lipinski definition) is 2. The maximum atomic E-state index is 13.9. The van der Waals surface area contributed by atoms with Crippen LogP contribution in [-0.4, -0.2) is 22.5 Å². The Morgan fingerprint density at radius 2 is 1.94 bits per heavy atom. The number of carbonyl (C=O) groups excluding carboxylic acids is 1. The van der Waals surface area contributed by atoms with Crippen LogP contribution in [0.2, 0.25) is 0 Å². The number of hydrogen-bond donors (Lipinski definition) is 1. The van der Waals surface area contributed by atoms with Crippen molar-refractivity contribution in [2.75, 3.05) is 7.05 Å². The molecule has 0 bridgehead atoms. The van der Waals surface area contributed by atoms with Crippen LogP contribution >= 0.6 is 0 Å². The van der Waals surface area contributed by atoms with Crippen molar-refractivity contribution in [3.8, 4) is 11.4 Å². The Bertz CT molecular complexity index is 584. The molecule has 0 saturated heterocycles. The van der Waals surface area contributed by atoms with Crippen LogP contribution in [0.15, 0.2) is 24.5 Å². The van der Waals surface area contributed by atoms with Gasteiger partial charge in [0.15, 0.2) is 0 Å². The number of halogens is 2. The fraction of sp³-hybridized carbons (Fsp3) is 0.167. The summed E-state index contributed by atoms with van der Waals surface area (Å²) < 4.78 is 29.3. The number of benzene rings is 1.